The molecule has 1 aliphatic rings. The molecule has 1 saturated carbocycles. The summed E-state index contributed by atoms with van der Waals surface area (Å²) in [6, 6.07) is 14.4. The van der Waals surface area contributed by atoms with Crippen LogP contribution in [-0.2, 0) is 4.79 Å². The Hall–Kier alpha value is -3.02. The van der Waals surface area contributed by atoms with Gasteiger partial charge < -0.3 is 20.1 Å². The lowest BCUT2D eigenvalue weighted by molar-refractivity contribution is -0.122. The van der Waals surface area contributed by atoms with E-state index in [1.807, 2.05) is 25.1 Å². The van der Waals surface area contributed by atoms with Gasteiger partial charge in [0.15, 0.2) is 6.10 Å². The molecule has 3 rings (SSSR count). The largest absolute Gasteiger partial charge is 0.492 e. The molecule has 0 heterocycles. The van der Waals surface area contributed by atoms with Crippen LogP contribution in [0.2, 0.25) is 0 Å². The molecule has 1 aliphatic carbocycles. The number of ether oxygens (including phenoxy) is 2. The Morgan fingerprint density at radius 2 is 1.73 bits per heavy atom. The minimum Gasteiger partial charge on any atom is -0.492 e. The average molecular weight is 411 g/mol. The van der Waals surface area contributed by atoms with E-state index in [2.05, 4.69) is 10.6 Å². The van der Waals surface area contributed by atoms with Gasteiger partial charge in [-0.3, -0.25) is 9.59 Å². The van der Waals surface area contributed by atoms with Crippen molar-refractivity contribution in [2.45, 2.75) is 58.1 Å². The van der Waals surface area contributed by atoms with Crippen LogP contribution in [0.15, 0.2) is 48.5 Å². The number of benzene rings is 2. The lowest BCUT2D eigenvalue weighted by Crippen LogP contribution is -2.36. The second kappa shape index (κ2) is 10.7. The highest BCUT2D eigenvalue weighted by atomic mass is 16.5. The van der Waals surface area contributed by atoms with E-state index in [0.717, 1.165) is 12.8 Å². The van der Waals surface area contributed by atoms with Gasteiger partial charge in [-0.25, -0.2) is 0 Å². The Morgan fingerprint density at radius 3 is 2.43 bits per heavy atom. The smallest absolute Gasteiger partial charge is 0.265 e. The maximum Gasteiger partial charge on any atom is 0.265 e. The van der Waals surface area contributed by atoms with E-state index in [-0.39, 0.29) is 17.9 Å². The Labute approximate surface area is 178 Å². The molecule has 0 saturated heterocycles. The van der Waals surface area contributed by atoms with Crippen LogP contribution in [0.25, 0.3) is 0 Å². The highest BCUT2D eigenvalue weighted by Gasteiger charge is 2.18. The van der Waals surface area contributed by atoms with Crippen molar-refractivity contribution in [3.05, 3.63) is 54.1 Å². The van der Waals surface area contributed by atoms with Gasteiger partial charge in [0.25, 0.3) is 11.8 Å². The van der Waals surface area contributed by atoms with Crippen molar-refractivity contribution in [2.75, 3.05) is 11.9 Å². The summed E-state index contributed by atoms with van der Waals surface area (Å²) < 4.78 is 11.3. The number of hydrogen-bond donors (Lipinski definition) is 2. The summed E-state index contributed by atoms with van der Waals surface area (Å²) in [7, 11) is 0. The Balaban J connectivity index is 1.54. The van der Waals surface area contributed by atoms with E-state index in [1.54, 1.807) is 37.3 Å². The maximum atomic E-state index is 12.5. The number of rotatable bonds is 8. The average Bonchev–Trinajstić information content (AvgIpc) is 2.76. The molecule has 1 atom stereocenters. The van der Waals surface area contributed by atoms with Gasteiger partial charge in [0.05, 0.1) is 12.3 Å². The van der Waals surface area contributed by atoms with Crippen molar-refractivity contribution >= 4 is 17.5 Å². The molecule has 2 aromatic carbocycles. The summed E-state index contributed by atoms with van der Waals surface area (Å²) in [5, 5.41) is 5.94. The van der Waals surface area contributed by atoms with Crippen LogP contribution in [0.5, 0.6) is 11.5 Å². The zero-order valence-corrected chi connectivity index (χ0v) is 17.6. The van der Waals surface area contributed by atoms with E-state index in [0.29, 0.717) is 29.4 Å². The lowest BCUT2D eigenvalue weighted by atomic mass is 9.95. The SMILES string of the molecule is CCOc1ccccc1NC(=O)C(C)Oc1ccc(C(=O)NC2CCCCC2)cc1. The van der Waals surface area contributed by atoms with Crippen molar-refractivity contribution in [1.29, 1.82) is 0 Å². The number of hydrogen-bond acceptors (Lipinski definition) is 4. The zero-order valence-electron chi connectivity index (χ0n) is 17.6. The first-order valence-corrected chi connectivity index (χ1v) is 10.7. The van der Waals surface area contributed by atoms with E-state index in [4.69, 9.17) is 9.47 Å². The van der Waals surface area contributed by atoms with Crippen LogP contribution < -0.4 is 20.1 Å². The lowest BCUT2D eigenvalue weighted by Gasteiger charge is -2.22. The summed E-state index contributed by atoms with van der Waals surface area (Å²) in [5.74, 6) is 0.812. The third-order valence-corrected chi connectivity index (χ3v) is 5.18. The molecule has 0 bridgehead atoms. The Kier molecular flexibility index (Phi) is 7.71. The summed E-state index contributed by atoms with van der Waals surface area (Å²) in [6.07, 6.45) is 4.99. The maximum absolute atomic E-state index is 12.5. The number of carbonyl (C=O) groups excluding carboxylic acids is 2. The topological polar surface area (TPSA) is 76.7 Å². The molecule has 1 fully saturated rings. The molecule has 6 nitrogen and oxygen atoms in total. The Bertz CT molecular complexity index is 845. The fraction of sp³-hybridized carbons (Fsp3) is 0.417. The number of anilines is 1. The molecule has 0 aromatic heterocycles. The molecule has 2 aromatic rings. The van der Waals surface area contributed by atoms with Crippen LogP contribution in [0.3, 0.4) is 0 Å². The zero-order chi connectivity index (χ0) is 21.3. The highest BCUT2D eigenvalue weighted by Crippen LogP contribution is 2.24. The van der Waals surface area contributed by atoms with Crippen LogP contribution >= 0.6 is 0 Å². The second-order valence-electron chi connectivity index (χ2n) is 7.51. The third kappa shape index (κ3) is 5.99. The fourth-order valence-electron chi connectivity index (χ4n) is 3.54. The van der Waals surface area contributed by atoms with Gasteiger partial charge in [0.2, 0.25) is 0 Å². The summed E-state index contributed by atoms with van der Waals surface area (Å²) >= 11 is 0. The fourth-order valence-corrected chi connectivity index (χ4v) is 3.54. The summed E-state index contributed by atoms with van der Waals surface area (Å²) in [6.45, 7) is 4.09. The van der Waals surface area contributed by atoms with Crippen molar-refractivity contribution in [1.82, 2.24) is 5.32 Å². The van der Waals surface area contributed by atoms with E-state index in [9.17, 15) is 9.59 Å². The monoisotopic (exact) mass is 410 g/mol. The van der Waals surface area contributed by atoms with E-state index < -0.39 is 6.10 Å². The molecule has 160 valence electrons. The van der Waals surface area contributed by atoms with Crippen LogP contribution in [-0.4, -0.2) is 30.6 Å². The van der Waals surface area contributed by atoms with Crippen LogP contribution in [0, 0.1) is 0 Å². The molecule has 0 spiro atoms. The van der Waals surface area contributed by atoms with E-state index in [1.165, 1.54) is 19.3 Å². The molecule has 0 radical (unpaired) electrons. The first kappa shape index (κ1) is 21.7. The minimum atomic E-state index is -0.707. The Morgan fingerprint density at radius 1 is 1.03 bits per heavy atom. The predicted molar refractivity (Wildman–Crippen MR) is 117 cm³/mol. The minimum absolute atomic E-state index is 0.0632. The van der Waals surface area contributed by atoms with Crippen LogP contribution in [0.1, 0.15) is 56.3 Å². The van der Waals surface area contributed by atoms with Gasteiger partial charge >= 0.3 is 0 Å². The van der Waals surface area contributed by atoms with E-state index >= 15 is 0 Å². The van der Waals surface area contributed by atoms with Crippen LogP contribution in [0.4, 0.5) is 5.69 Å². The normalized spacial score (nSPS) is 15.1. The van der Waals surface area contributed by atoms with Gasteiger partial charge in [-0.05, 0) is 63.1 Å². The standard InChI is InChI=1S/C24H30N2O4/c1-3-29-22-12-8-7-11-21(22)26-23(27)17(2)30-20-15-13-18(14-16-20)24(28)25-19-9-5-4-6-10-19/h7-8,11-17,19H,3-6,9-10H2,1-2H3,(H,25,28)(H,26,27). The van der Waals surface area contributed by atoms with Gasteiger partial charge in [0.1, 0.15) is 11.5 Å². The molecular formula is C24H30N2O4. The molecule has 1 unspecified atom stereocenters. The number of para-hydroxylation sites is 2. The van der Waals surface area contributed by atoms with Crippen molar-refractivity contribution in [3.8, 4) is 11.5 Å². The summed E-state index contributed by atoms with van der Waals surface area (Å²) in [4.78, 5) is 24.9. The third-order valence-electron chi connectivity index (χ3n) is 5.18. The number of carbonyl (C=O) groups is 2. The number of nitrogens with one attached hydrogen (secondary N) is 2. The van der Waals surface area contributed by atoms with Gasteiger partial charge in [-0.15, -0.1) is 0 Å². The molecule has 2 amide bonds. The highest BCUT2D eigenvalue weighted by molar-refractivity contribution is 5.96. The quantitative estimate of drug-likeness (QED) is 0.669. The molecule has 30 heavy (non-hydrogen) atoms. The first-order valence-electron chi connectivity index (χ1n) is 10.7. The molecule has 0 aliphatic heterocycles. The molecular weight excluding hydrogens is 380 g/mol. The molecule has 6 heteroatoms. The second-order valence-corrected chi connectivity index (χ2v) is 7.51. The van der Waals surface area contributed by atoms with Crippen molar-refractivity contribution < 1.29 is 19.1 Å². The first-order chi connectivity index (χ1) is 14.6. The van der Waals surface area contributed by atoms with Gasteiger partial charge in [-0.2, -0.15) is 0 Å². The predicted octanol–water partition coefficient (Wildman–Crippen LogP) is 4.55. The van der Waals surface area contributed by atoms with Crippen molar-refractivity contribution in [2.24, 2.45) is 0 Å². The summed E-state index contributed by atoms with van der Waals surface area (Å²) in [5.41, 5.74) is 1.20. The molecule has 2 N–H and O–H groups in total. The van der Waals surface area contributed by atoms with Crippen molar-refractivity contribution in [3.63, 3.8) is 0 Å². The number of amides is 2. The van der Waals surface area contributed by atoms with Gasteiger partial charge in [-0.1, -0.05) is 31.4 Å². The van der Waals surface area contributed by atoms with Gasteiger partial charge in [0, 0.05) is 11.6 Å².